The zero-order chi connectivity index (χ0) is 15.1. The van der Waals surface area contributed by atoms with Crippen LogP contribution in [0.5, 0.6) is 0 Å². The van der Waals surface area contributed by atoms with E-state index in [-0.39, 0.29) is 17.9 Å². The Morgan fingerprint density at radius 3 is 2.86 bits per heavy atom. The monoisotopic (exact) mass is 301 g/mol. The van der Waals surface area contributed by atoms with Gasteiger partial charge in [-0.1, -0.05) is 0 Å². The van der Waals surface area contributed by atoms with Crippen molar-refractivity contribution < 1.29 is 14.3 Å². The molecule has 1 N–H and O–H groups in total. The number of hydrogen-bond acceptors (Lipinski definition) is 4. The van der Waals surface area contributed by atoms with E-state index in [4.69, 9.17) is 4.74 Å². The number of anilines is 2. The Bertz CT molecular complexity index is 625. The van der Waals surface area contributed by atoms with E-state index >= 15 is 0 Å². The number of hydrogen-bond donors (Lipinski definition) is 1. The maximum absolute atomic E-state index is 12.5. The summed E-state index contributed by atoms with van der Waals surface area (Å²) in [5, 5.41) is 2.95. The van der Waals surface area contributed by atoms with Crippen molar-refractivity contribution in [1.29, 1.82) is 0 Å². The van der Waals surface area contributed by atoms with E-state index in [9.17, 15) is 9.59 Å². The normalized spacial score (nSPS) is 23.8. The van der Waals surface area contributed by atoms with E-state index in [0.29, 0.717) is 31.9 Å². The average molecular weight is 301 g/mol. The zero-order valence-corrected chi connectivity index (χ0v) is 12.4. The first-order chi connectivity index (χ1) is 10.7. The Morgan fingerprint density at radius 2 is 2.05 bits per heavy atom. The number of morpholine rings is 1. The van der Waals surface area contributed by atoms with Crippen molar-refractivity contribution in [2.24, 2.45) is 0 Å². The number of rotatable bonds is 1. The highest BCUT2D eigenvalue weighted by molar-refractivity contribution is 6.06. The van der Waals surface area contributed by atoms with Gasteiger partial charge in [0.1, 0.15) is 6.04 Å². The number of fused-ring (bicyclic) bond motifs is 3. The van der Waals surface area contributed by atoms with Crippen LogP contribution in [0.15, 0.2) is 18.2 Å². The van der Waals surface area contributed by atoms with E-state index in [1.54, 1.807) is 11.0 Å². The fourth-order valence-corrected chi connectivity index (χ4v) is 3.51. The number of amides is 2. The number of nitrogens with zero attached hydrogens (tertiary/aromatic N) is 2. The van der Waals surface area contributed by atoms with Gasteiger partial charge in [0, 0.05) is 25.2 Å². The Labute approximate surface area is 129 Å². The van der Waals surface area contributed by atoms with Gasteiger partial charge in [-0.2, -0.15) is 0 Å². The second-order valence-corrected chi connectivity index (χ2v) is 5.98. The Morgan fingerprint density at radius 1 is 1.23 bits per heavy atom. The topological polar surface area (TPSA) is 61.9 Å². The minimum atomic E-state index is -0.0479. The van der Waals surface area contributed by atoms with Crippen LogP contribution in [0.1, 0.15) is 23.2 Å². The van der Waals surface area contributed by atoms with E-state index in [1.807, 2.05) is 12.1 Å². The SMILES string of the molecule is O=C1Nc2cc(C(=O)N3CCOCC3)ccc2N2CCC[C@@H]12. The van der Waals surface area contributed by atoms with Crippen LogP contribution in [-0.2, 0) is 9.53 Å². The quantitative estimate of drug-likeness (QED) is 0.843. The number of nitrogens with one attached hydrogen (secondary N) is 1. The largest absolute Gasteiger partial charge is 0.378 e. The van der Waals surface area contributed by atoms with Crippen molar-refractivity contribution in [3.8, 4) is 0 Å². The molecule has 0 aliphatic carbocycles. The second-order valence-electron chi connectivity index (χ2n) is 5.98. The van der Waals surface area contributed by atoms with E-state index in [1.165, 1.54) is 0 Å². The number of carbonyl (C=O) groups excluding carboxylic acids is 2. The predicted octanol–water partition coefficient (Wildman–Crippen LogP) is 1.08. The van der Waals surface area contributed by atoms with Crippen molar-refractivity contribution >= 4 is 23.2 Å². The average Bonchev–Trinajstić information content (AvgIpc) is 3.05. The minimum Gasteiger partial charge on any atom is -0.378 e. The Kier molecular flexibility index (Phi) is 3.26. The smallest absolute Gasteiger partial charge is 0.254 e. The van der Waals surface area contributed by atoms with Crippen LogP contribution in [0.2, 0.25) is 0 Å². The Balaban J connectivity index is 1.63. The lowest BCUT2D eigenvalue weighted by atomic mass is 10.1. The van der Waals surface area contributed by atoms with Crippen LogP contribution >= 0.6 is 0 Å². The van der Waals surface area contributed by atoms with Gasteiger partial charge in [0.25, 0.3) is 5.91 Å². The molecule has 116 valence electrons. The van der Waals surface area contributed by atoms with Gasteiger partial charge in [-0.15, -0.1) is 0 Å². The van der Waals surface area contributed by atoms with Crippen LogP contribution in [0.4, 0.5) is 11.4 Å². The molecule has 0 aromatic heterocycles. The molecule has 4 rings (SSSR count). The maximum atomic E-state index is 12.5. The highest BCUT2D eigenvalue weighted by atomic mass is 16.5. The maximum Gasteiger partial charge on any atom is 0.254 e. The molecule has 22 heavy (non-hydrogen) atoms. The van der Waals surface area contributed by atoms with E-state index in [2.05, 4.69) is 10.2 Å². The summed E-state index contributed by atoms with van der Waals surface area (Å²) in [6.45, 7) is 3.32. The molecule has 0 bridgehead atoms. The highest BCUT2D eigenvalue weighted by Gasteiger charge is 2.36. The molecule has 3 heterocycles. The molecule has 2 saturated heterocycles. The summed E-state index contributed by atoms with van der Waals surface area (Å²) < 4.78 is 5.28. The summed E-state index contributed by atoms with van der Waals surface area (Å²) in [4.78, 5) is 28.6. The van der Waals surface area contributed by atoms with Crippen molar-refractivity contribution in [3.05, 3.63) is 23.8 Å². The summed E-state index contributed by atoms with van der Waals surface area (Å²) in [5.41, 5.74) is 2.40. The van der Waals surface area contributed by atoms with Crippen LogP contribution in [0.25, 0.3) is 0 Å². The number of benzene rings is 1. The molecular formula is C16H19N3O3. The first-order valence-corrected chi connectivity index (χ1v) is 7.82. The van der Waals surface area contributed by atoms with Crippen LogP contribution < -0.4 is 10.2 Å². The molecule has 0 unspecified atom stereocenters. The number of ether oxygens (including phenoxy) is 1. The first-order valence-electron chi connectivity index (χ1n) is 7.82. The second kappa shape index (κ2) is 5.28. The standard InChI is InChI=1S/C16H19N3O3/c20-15-14-2-1-5-19(14)13-4-3-11(10-12(13)17-15)16(21)18-6-8-22-9-7-18/h3-4,10,14H,1-2,5-9H2,(H,17,20)/t14-/m0/s1. The third-order valence-corrected chi connectivity index (χ3v) is 4.66. The van der Waals surface area contributed by atoms with E-state index in [0.717, 1.165) is 30.8 Å². The van der Waals surface area contributed by atoms with E-state index < -0.39 is 0 Å². The fraction of sp³-hybridized carbons (Fsp3) is 0.500. The third kappa shape index (κ3) is 2.14. The molecular weight excluding hydrogens is 282 g/mol. The summed E-state index contributed by atoms with van der Waals surface area (Å²) in [7, 11) is 0. The first kappa shape index (κ1) is 13.6. The van der Waals surface area contributed by atoms with Gasteiger partial charge in [-0.05, 0) is 31.0 Å². The lowest BCUT2D eigenvalue weighted by molar-refractivity contribution is -0.117. The molecule has 3 aliphatic rings. The molecule has 0 saturated carbocycles. The molecule has 0 spiro atoms. The third-order valence-electron chi connectivity index (χ3n) is 4.66. The summed E-state index contributed by atoms with van der Waals surface area (Å²) >= 11 is 0. The van der Waals surface area contributed by atoms with Gasteiger partial charge in [0.15, 0.2) is 0 Å². The minimum absolute atomic E-state index is 0.00361. The van der Waals surface area contributed by atoms with Crippen LogP contribution in [0, 0.1) is 0 Å². The van der Waals surface area contributed by atoms with Gasteiger partial charge < -0.3 is 19.9 Å². The molecule has 2 amide bonds. The highest BCUT2D eigenvalue weighted by Crippen LogP contribution is 2.37. The molecule has 6 heteroatoms. The lowest BCUT2D eigenvalue weighted by Crippen LogP contribution is -2.44. The van der Waals surface area contributed by atoms with Crippen LogP contribution in [-0.4, -0.2) is 55.6 Å². The van der Waals surface area contributed by atoms with Crippen molar-refractivity contribution in [2.45, 2.75) is 18.9 Å². The molecule has 1 atom stereocenters. The molecule has 0 radical (unpaired) electrons. The van der Waals surface area contributed by atoms with Crippen LogP contribution in [0.3, 0.4) is 0 Å². The Hall–Kier alpha value is -2.08. The van der Waals surface area contributed by atoms with Gasteiger partial charge in [-0.25, -0.2) is 0 Å². The van der Waals surface area contributed by atoms with Gasteiger partial charge in [0.2, 0.25) is 5.91 Å². The van der Waals surface area contributed by atoms with Gasteiger partial charge >= 0.3 is 0 Å². The number of carbonyl (C=O) groups is 2. The van der Waals surface area contributed by atoms with Gasteiger partial charge in [-0.3, -0.25) is 9.59 Å². The van der Waals surface area contributed by atoms with Crippen molar-refractivity contribution in [2.75, 3.05) is 43.1 Å². The van der Waals surface area contributed by atoms with Crippen molar-refractivity contribution in [1.82, 2.24) is 4.90 Å². The molecule has 2 fully saturated rings. The fourth-order valence-electron chi connectivity index (χ4n) is 3.51. The summed E-state index contributed by atoms with van der Waals surface area (Å²) in [6.07, 6.45) is 1.94. The predicted molar refractivity (Wildman–Crippen MR) is 82.2 cm³/mol. The molecule has 6 nitrogen and oxygen atoms in total. The lowest BCUT2D eigenvalue weighted by Gasteiger charge is -2.33. The molecule has 1 aromatic carbocycles. The zero-order valence-electron chi connectivity index (χ0n) is 12.4. The van der Waals surface area contributed by atoms with Crippen molar-refractivity contribution in [3.63, 3.8) is 0 Å². The molecule has 3 aliphatic heterocycles. The molecule has 1 aromatic rings. The summed E-state index contributed by atoms with van der Waals surface area (Å²) in [5.74, 6) is 0.0462. The summed E-state index contributed by atoms with van der Waals surface area (Å²) in [6, 6.07) is 5.58. The van der Waals surface area contributed by atoms with Gasteiger partial charge in [0.05, 0.1) is 24.6 Å².